The molecule has 2 rings (SSSR count). The number of nitrogens with zero attached hydrogens (tertiary/aromatic N) is 2. The Morgan fingerprint density at radius 3 is 2.70 bits per heavy atom. The molecule has 1 aromatic rings. The number of aliphatic hydroxyl groups excluding tert-OH is 1. The summed E-state index contributed by atoms with van der Waals surface area (Å²) in [6.07, 6.45) is 3.60. The van der Waals surface area contributed by atoms with E-state index in [-0.39, 0.29) is 31.4 Å². The summed E-state index contributed by atoms with van der Waals surface area (Å²) in [5, 5.41) is 11.7. The zero-order chi connectivity index (χ0) is 12.8. The van der Waals surface area contributed by atoms with Crippen molar-refractivity contribution in [1.82, 2.24) is 9.97 Å². The minimum atomic E-state index is 0. The number of nitrogens with one attached hydrogen (secondary N) is 1. The normalized spacial score (nSPS) is 20.3. The van der Waals surface area contributed by atoms with Crippen LogP contribution in [0.1, 0.15) is 24.5 Å². The molecule has 0 radical (unpaired) electrons. The second kappa shape index (κ2) is 10.1. The van der Waals surface area contributed by atoms with E-state index in [9.17, 15) is 0 Å². The van der Waals surface area contributed by atoms with Gasteiger partial charge in [0.2, 0.25) is 0 Å². The summed E-state index contributed by atoms with van der Waals surface area (Å²) in [7, 11) is 0. The lowest BCUT2D eigenvalue weighted by Crippen LogP contribution is -2.35. The number of hydrogen-bond donors (Lipinski definition) is 3. The van der Waals surface area contributed by atoms with Crippen molar-refractivity contribution in [1.29, 1.82) is 0 Å². The van der Waals surface area contributed by atoms with E-state index >= 15 is 0 Å². The molecule has 1 saturated carbocycles. The molecule has 8 heteroatoms. The zero-order valence-electron chi connectivity index (χ0n) is 11.2. The summed E-state index contributed by atoms with van der Waals surface area (Å²) >= 11 is 0. The maximum Gasteiger partial charge on any atom is 0.129 e. The van der Waals surface area contributed by atoms with Crippen molar-refractivity contribution in [2.75, 3.05) is 31.7 Å². The molecule has 0 unspecified atom stereocenters. The van der Waals surface area contributed by atoms with Gasteiger partial charge < -0.3 is 20.9 Å². The highest BCUT2D eigenvalue weighted by Crippen LogP contribution is 2.34. The molecule has 116 valence electrons. The van der Waals surface area contributed by atoms with Crippen LogP contribution in [0.2, 0.25) is 0 Å². The fourth-order valence-electron chi connectivity index (χ4n) is 2.01. The van der Waals surface area contributed by atoms with Gasteiger partial charge in [-0.2, -0.15) is 0 Å². The third kappa shape index (κ3) is 5.76. The van der Waals surface area contributed by atoms with Crippen LogP contribution in [0.5, 0.6) is 0 Å². The van der Waals surface area contributed by atoms with Crippen molar-refractivity contribution in [2.24, 2.45) is 5.73 Å². The van der Waals surface area contributed by atoms with E-state index in [1.807, 2.05) is 6.07 Å². The van der Waals surface area contributed by atoms with Crippen molar-refractivity contribution in [3.63, 3.8) is 0 Å². The number of anilines is 1. The Kier molecular flexibility index (Phi) is 9.79. The predicted molar refractivity (Wildman–Crippen MR) is 82.9 cm³/mol. The van der Waals surface area contributed by atoms with Gasteiger partial charge in [0.25, 0.3) is 0 Å². The summed E-state index contributed by atoms with van der Waals surface area (Å²) in [6.45, 7) is 1.64. The topological polar surface area (TPSA) is 93.3 Å². The van der Waals surface area contributed by atoms with Crippen LogP contribution in [-0.2, 0) is 4.74 Å². The number of hydrogen-bond acceptors (Lipinski definition) is 6. The van der Waals surface area contributed by atoms with E-state index in [1.54, 1.807) is 6.33 Å². The molecule has 20 heavy (non-hydrogen) atoms. The maximum absolute atomic E-state index is 8.56. The smallest absolute Gasteiger partial charge is 0.129 e. The summed E-state index contributed by atoms with van der Waals surface area (Å²) in [4.78, 5) is 8.44. The van der Waals surface area contributed by atoms with E-state index in [1.165, 1.54) is 0 Å². The molecular weight excluding hydrogens is 303 g/mol. The van der Waals surface area contributed by atoms with Crippen LogP contribution in [0.25, 0.3) is 0 Å². The Hall–Kier alpha value is -0.660. The van der Waals surface area contributed by atoms with Crippen molar-refractivity contribution < 1.29 is 9.84 Å². The second-order valence-electron chi connectivity index (χ2n) is 4.52. The van der Waals surface area contributed by atoms with Crippen LogP contribution in [0.15, 0.2) is 12.4 Å². The van der Waals surface area contributed by atoms with Crippen molar-refractivity contribution in [3.8, 4) is 0 Å². The monoisotopic (exact) mass is 324 g/mol. The highest BCUT2D eigenvalue weighted by Gasteiger charge is 2.28. The van der Waals surface area contributed by atoms with Gasteiger partial charge in [-0.1, -0.05) is 0 Å². The second-order valence-corrected chi connectivity index (χ2v) is 4.52. The molecule has 0 atom stereocenters. The minimum Gasteiger partial charge on any atom is -0.394 e. The molecule has 1 aliphatic rings. The lowest BCUT2D eigenvalue weighted by atomic mass is 9.79. The largest absolute Gasteiger partial charge is 0.394 e. The van der Waals surface area contributed by atoms with Gasteiger partial charge >= 0.3 is 0 Å². The molecule has 0 amide bonds. The van der Waals surface area contributed by atoms with Crippen LogP contribution < -0.4 is 11.1 Å². The third-order valence-corrected chi connectivity index (χ3v) is 3.07. The number of aliphatic hydroxyl groups is 1. The fraction of sp³-hybridized carbons (Fsp3) is 0.667. The van der Waals surface area contributed by atoms with Gasteiger partial charge in [0.05, 0.1) is 19.8 Å². The lowest BCUT2D eigenvalue weighted by Gasteiger charge is -2.31. The third-order valence-electron chi connectivity index (χ3n) is 3.07. The van der Waals surface area contributed by atoms with Gasteiger partial charge in [0.15, 0.2) is 0 Å². The molecule has 4 N–H and O–H groups in total. The van der Waals surface area contributed by atoms with Gasteiger partial charge in [-0.05, 0) is 12.8 Å². The fourth-order valence-corrected chi connectivity index (χ4v) is 2.01. The molecule has 6 nitrogen and oxygen atoms in total. The molecule has 0 aromatic carbocycles. The van der Waals surface area contributed by atoms with Crippen molar-refractivity contribution in [3.05, 3.63) is 18.1 Å². The number of nitrogens with two attached hydrogens (primary N) is 1. The summed E-state index contributed by atoms with van der Waals surface area (Å²) in [5.41, 5.74) is 6.84. The van der Waals surface area contributed by atoms with E-state index in [2.05, 4.69) is 15.3 Å². The molecule has 0 spiro atoms. The Morgan fingerprint density at radius 1 is 1.30 bits per heavy atom. The van der Waals surface area contributed by atoms with Crippen molar-refractivity contribution >= 4 is 30.6 Å². The first-order valence-corrected chi connectivity index (χ1v) is 6.29. The summed E-state index contributed by atoms with van der Waals surface area (Å²) < 4.78 is 5.16. The van der Waals surface area contributed by atoms with Gasteiger partial charge in [0.1, 0.15) is 12.1 Å². The summed E-state index contributed by atoms with van der Waals surface area (Å²) in [5.74, 6) is 1.29. The first-order valence-electron chi connectivity index (χ1n) is 6.29. The number of aromatic nitrogens is 2. The van der Waals surface area contributed by atoms with Crippen LogP contribution >= 0.6 is 24.8 Å². The molecule has 1 aromatic heterocycles. The maximum atomic E-state index is 8.56. The molecule has 1 fully saturated rings. The van der Waals surface area contributed by atoms with Crippen LogP contribution in [-0.4, -0.2) is 47.5 Å². The van der Waals surface area contributed by atoms with Gasteiger partial charge in [-0.15, -0.1) is 24.8 Å². The summed E-state index contributed by atoms with van der Waals surface area (Å²) in [6, 6.07) is 2.30. The Morgan fingerprint density at radius 2 is 2.05 bits per heavy atom. The molecule has 0 bridgehead atoms. The minimum absolute atomic E-state index is 0. The van der Waals surface area contributed by atoms with Gasteiger partial charge in [0, 0.05) is 30.3 Å². The quantitative estimate of drug-likeness (QED) is 0.646. The average Bonchev–Trinajstić information content (AvgIpc) is 2.35. The standard InChI is InChI=1S/C12H20N4O2.2ClH/c13-10-5-9(6-10)11-7-12(16-8-15-11)14-1-3-18-4-2-17;;/h7-10,17H,1-6,13H2,(H,14,15,16);2*1H. The molecule has 1 heterocycles. The van der Waals surface area contributed by atoms with Crippen LogP contribution in [0.4, 0.5) is 5.82 Å². The lowest BCUT2D eigenvalue weighted by molar-refractivity contribution is 0.0992. The molecule has 0 saturated heterocycles. The number of rotatable bonds is 7. The molecular formula is C12H22Cl2N4O2. The van der Waals surface area contributed by atoms with Gasteiger partial charge in [-0.3, -0.25) is 0 Å². The van der Waals surface area contributed by atoms with Crippen LogP contribution in [0.3, 0.4) is 0 Å². The van der Waals surface area contributed by atoms with E-state index in [0.29, 0.717) is 31.7 Å². The van der Waals surface area contributed by atoms with Crippen LogP contribution in [0, 0.1) is 0 Å². The molecule has 0 aliphatic heterocycles. The average molecular weight is 325 g/mol. The Bertz CT molecular complexity index is 378. The Balaban J connectivity index is 0.00000180. The van der Waals surface area contributed by atoms with E-state index in [0.717, 1.165) is 24.4 Å². The van der Waals surface area contributed by atoms with E-state index in [4.69, 9.17) is 15.6 Å². The first-order chi connectivity index (χ1) is 8.79. The zero-order valence-corrected chi connectivity index (χ0v) is 12.8. The predicted octanol–water partition coefficient (Wildman–Crippen LogP) is 0.946. The van der Waals surface area contributed by atoms with Crippen molar-refractivity contribution in [2.45, 2.75) is 24.8 Å². The first kappa shape index (κ1) is 19.3. The SMILES string of the molecule is Cl.Cl.NC1CC(c2cc(NCCOCCO)ncn2)C1. The Labute approximate surface area is 131 Å². The highest BCUT2D eigenvalue weighted by molar-refractivity contribution is 5.85. The van der Waals surface area contributed by atoms with E-state index < -0.39 is 0 Å². The highest BCUT2D eigenvalue weighted by atomic mass is 35.5. The van der Waals surface area contributed by atoms with Gasteiger partial charge in [-0.25, -0.2) is 9.97 Å². The molecule has 1 aliphatic carbocycles. The number of ether oxygens (including phenoxy) is 1. The number of halogens is 2.